The standard InChI is InChI=1S/C18H28N4O3/c1-17(2)6-11(7-18(3,4)10-17)20-15(24)13-5-14-16(25)19-8-12(23)9-22(14)21-13/h5,11-12,23H,6-10H2,1-4H3,(H,19,25)(H,20,24). The molecule has 1 aliphatic heterocycles. The molecule has 2 aliphatic rings. The SMILES string of the molecule is CC1(C)CC(NC(=O)c2cc3n(n2)CC(O)CNC3=O)CC(C)(C)C1. The number of hydrogen-bond donors (Lipinski definition) is 3. The summed E-state index contributed by atoms with van der Waals surface area (Å²) in [5.74, 6) is -0.579. The predicted octanol–water partition coefficient (Wildman–Crippen LogP) is 1.32. The highest BCUT2D eigenvalue weighted by molar-refractivity contribution is 5.98. The third kappa shape index (κ3) is 4.03. The van der Waals surface area contributed by atoms with Crippen molar-refractivity contribution in [2.75, 3.05) is 6.54 Å². The highest BCUT2D eigenvalue weighted by Gasteiger charge is 2.39. The molecular weight excluding hydrogens is 320 g/mol. The molecule has 0 spiro atoms. The fourth-order valence-corrected chi connectivity index (χ4v) is 4.62. The lowest BCUT2D eigenvalue weighted by molar-refractivity contribution is 0.0709. The second-order valence-corrected chi connectivity index (χ2v) is 9.04. The Balaban J connectivity index is 1.75. The number of aliphatic hydroxyl groups is 1. The zero-order valence-corrected chi connectivity index (χ0v) is 15.4. The van der Waals surface area contributed by atoms with E-state index < -0.39 is 6.10 Å². The van der Waals surface area contributed by atoms with E-state index in [4.69, 9.17) is 0 Å². The van der Waals surface area contributed by atoms with E-state index in [9.17, 15) is 14.7 Å². The third-order valence-corrected chi connectivity index (χ3v) is 5.02. The topological polar surface area (TPSA) is 96.2 Å². The maximum Gasteiger partial charge on any atom is 0.272 e. The minimum absolute atomic E-state index is 0.0900. The number of hydrogen-bond acceptors (Lipinski definition) is 4. The number of β-amino-alcohol motifs (C(OH)–C–C–N with tert-alkyl or cyclic N) is 1. The summed E-state index contributed by atoms with van der Waals surface area (Å²) in [4.78, 5) is 24.7. The minimum Gasteiger partial charge on any atom is -0.389 e. The Morgan fingerprint density at radius 3 is 2.60 bits per heavy atom. The summed E-state index contributed by atoms with van der Waals surface area (Å²) < 4.78 is 1.41. The molecule has 1 atom stereocenters. The Bertz CT molecular complexity index is 676. The summed E-state index contributed by atoms with van der Waals surface area (Å²) >= 11 is 0. The van der Waals surface area contributed by atoms with Crippen molar-refractivity contribution in [1.29, 1.82) is 0 Å². The summed E-state index contributed by atoms with van der Waals surface area (Å²) in [7, 11) is 0. The molecule has 1 saturated carbocycles. The molecule has 7 nitrogen and oxygen atoms in total. The van der Waals surface area contributed by atoms with Crippen molar-refractivity contribution in [2.24, 2.45) is 10.8 Å². The predicted molar refractivity (Wildman–Crippen MR) is 93.2 cm³/mol. The monoisotopic (exact) mass is 348 g/mol. The summed E-state index contributed by atoms with van der Waals surface area (Å²) in [5, 5.41) is 19.7. The van der Waals surface area contributed by atoms with Gasteiger partial charge >= 0.3 is 0 Å². The first-order valence-corrected chi connectivity index (χ1v) is 8.90. The van der Waals surface area contributed by atoms with Gasteiger partial charge in [-0.3, -0.25) is 14.3 Å². The fourth-order valence-electron chi connectivity index (χ4n) is 4.62. The molecule has 3 N–H and O–H groups in total. The zero-order chi connectivity index (χ0) is 18.4. The van der Waals surface area contributed by atoms with Crippen LogP contribution >= 0.6 is 0 Å². The normalized spacial score (nSPS) is 25.6. The van der Waals surface area contributed by atoms with E-state index in [1.807, 2.05) is 0 Å². The first kappa shape index (κ1) is 17.9. The van der Waals surface area contributed by atoms with Gasteiger partial charge in [-0.25, -0.2) is 0 Å². The molecule has 25 heavy (non-hydrogen) atoms. The number of fused-ring (bicyclic) bond motifs is 1. The minimum atomic E-state index is -0.707. The average Bonchev–Trinajstić information content (AvgIpc) is 2.80. The van der Waals surface area contributed by atoms with Gasteiger partial charge in [0.1, 0.15) is 5.69 Å². The quantitative estimate of drug-likeness (QED) is 0.751. The number of rotatable bonds is 2. The van der Waals surface area contributed by atoms with Crippen LogP contribution in [0, 0.1) is 10.8 Å². The van der Waals surface area contributed by atoms with Crippen LogP contribution in [0.3, 0.4) is 0 Å². The zero-order valence-electron chi connectivity index (χ0n) is 15.4. The number of aliphatic hydroxyl groups excluding tert-OH is 1. The maximum atomic E-state index is 12.6. The molecule has 1 aromatic rings. The van der Waals surface area contributed by atoms with Crippen molar-refractivity contribution < 1.29 is 14.7 Å². The third-order valence-electron chi connectivity index (χ3n) is 5.02. The number of carbonyl (C=O) groups is 2. The molecule has 1 unspecified atom stereocenters. The van der Waals surface area contributed by atoms with Crippen LogP contribution in [0.4, 0.5) is 0 Å². The molecule has 0 radical (unpaired) electrons. The molecule has 2 amide bonds. The molecule has 2 heterocycles. The van der Waals surface area contributed by atoms with Gasteiger partial charge in [-0.2, -0.15) is 5.10 Å². The molecular formula is C18H28N4O3. The molecule has 138 valence electrons. The second kappa shape index (κ2) is 6.12. The number of carbonyl (C=O) groups excluding carboxylic acids is 2. The largest absolute Gasteiger partial charge is 0.389 e. The van der Waals surface area contributed by atoms with Gasteiger partial charge in [0.25, 0.3) is 11.8 Å². The van der Waals surface area contributed by atoms with E-state index in [1.54, 1.807) is 0 Å². The van der Waals surface area contributed by atoms with Crippen LogP contribution in [0.15, 0.2) is 6.07 Å². The fraction of sp³-hybridized carbons (Fsp3) is 0.722. The van der Waals surface area contributed by atoms with Crippen molar-refractivity contribution in [3.8, 4) is 0 Å². The van der Waals surface area contributed by atoms with Crippen molar-refractivity contribution in [3.63, 3.8) is 0 Å². The van der Waals surface area contributed by atoms with Crippen LogP contribution in [0.1, 0.15) is 67.9 Å². The van der Waals surface area contributed by atoms with Gasteiger partial charge in [0.05, 0.1) is 12.6 Å². The molecule has 3 rings (SSSR count). The lowest BCUT2D eigenvalue weighted by atomic mass is 9.63. The lowest BCUT2D eigenvalue weighted by Crippen LogP contribution is -2.46. The highest BCUT2D eigenvalue weighted by atomic mass is 16.3. The first-order chi connectivity index (χ1) is 11.5. The summed E-state index contributed by atoms with van der Waals surface area (Å²) in [6.45, 7) is 9.32. The van der Waals surface area contributed by atoms with Crippen LogP contribution in [0.5, 0.6) is 0 Å². The molecule has 1 aliphatic carbocycles. The molecule has 1 aromatic heterocycles. The Morgan fingerprint density at radius 2 is 1.96 bits per heavy atom. The lowest BCUT2D eigenvalue weighted by Gasteiger charge is -2.45. The Morgan fingerprint density at radius 1 is 1.32 bits per heavy atom. The van der Waals surface area contributed by atoms with Gasteiger partial charge in [-0.05, 0) is 30.1 Å². The summed E-state index contributed by atoms with van der Waals surface area (Å²) in [5.41, 5.74) is 0.885. The van der Waals surface area contributed by atoms with Crippen LogP contribution in [0.2, 0.25) is 0 Å². The van der Waals surface area contributed by atoms with Crippen LogP contribution in [-0.2, 0) is 6.54 Å². The van der Waals surface area contributed by atoms with E-state index in [-0.39, 0.29) is 47.5 Å². The Hall–Kier alpha value is -1.89. The van der Waals surface area contributed by atoms with Crippen LogP contribution in [-0.4, -0.2) is 45.4 Å². The molecule has 0 bridgehead atoms. The second-order valence-electron chi connectivity index (χ2n) is 9.04. The first-order valence-electron chi connectivity index (χ1n) is 8.90. The van der Waals surface area contributed by atoms with Crippen LogP contribution < -0.4 is 10.6 Å². The van der Waals surface area contributed by atoms with Crippen LogP contribution in [0.25, 0.3) is 0 Å². The molecule has 0 aromatic carbocycles. The molecule has 7 heteroatoms. The maximum absolute atomic E-state index is 12.6. The van der Waals surface area contributed by atoms with Crippen molar-refractivity contribution in [1.82, 2.24) is 20.4 Å². The van der Waals surface area contributed by atoms with E-state index in [0.717, 1.165) is 19.3 Å². The van der Waals surface area contributed by atoms with Crippen molar-refractivity contribution in [3.05, 3.63) is 17.5 Å². The summed E-state index contributed by atoms with van der Waals surface area (Å²) in [6.07, 6.45) is 2.27. The number of nitrogens with one attached hydrogen (secondary N) is 2. The van der Waals surface area contributed by atoms with Gasteiger partial charge in [0.2, 0.25) is 0 Å². The van der Waals surface area contributed by atoms with E-state index >= 15 is 0 Å². The van der Waals surface area contributed by atoms with E-state index in [1.165, 1.54) is 10.7 Å². The number of nitrogens with zero attached hydrogens (tertiary/aromatic N) is 2. The van der Waals surface area contributed by atoms with Crippen molar-refractivity contribution >= 4 is 11.8 Å². The van der Waals surface area contributed by atoms with Gasteiger partial charge < -0.3 is 15.7 Å². The number of amides is 2. The van der Waals surface area contributed by atoms with E-state index in [2.05, 4.69) is 43.4 Å². The molecule has 1 fully saturated rings. The highest BCUT2D eigenvalue weighted by Crippen LogP contribution is 2.45. The number of aromatic nitrogens is 2. The van der Waals surface area contributed by atoms with E-state index in [0.29, 0.717) is 5.69 Å². The van der Waals surface area contributed by atoms with Gasteiger partial charge in [-0.15, -0.1) is 0 Å². The van der Waals surface area contributed by atoms with Gasteiger partial charge in [0.15, 0.2) is 5.69 Å². The van der Waals surface area contributed by atoms with Gasteiger partial charge in [-0.1, -0.05) is 27.7 Å². The molecule has 0 saturated heterocycles. The Labute approximate surface area is 148 Å². The smallest absolute Gasteiger partial charge is 0.272 e. The van der Waals surface area contributed by atoms with Crippen molar-refractivity contribution in [2.45, 2.75) is 65.6 Å². The Kier molecular flexibility index (Phi) is 4.39. The summed E-state index contributed by atoms with van der Waals surface area (Å²) in [6, 6.07) is 1.59. The van der Waals surface area contributed by atoms with Gasteiger partial charge in [0, 0.05) is 18.7 Å². The average molecular weight is 348 g/mol.